The van der Waals surface area contributed by atoms with E-state index in [4.69, 9.17) is 38.4 Å². The fourth-order valence-electron chi connectivity index (χ4n) is 1.03. The number of allylic oxidation sites excluding steroid dienone is 2. The van der Waals surface area contributed by atoms with E-state index in [1.807, 2.05) is 0 Å². The van der Waals surface area contributed by atoms with Gasteiger partial charge in [0.1, 0.15) is 12.1 Å². The summed E-state index contributed by atoms with van der Waals surface area (Å²) in [5.74, 6) is 9.67. The van der Waals surface area contributed by atoms with E-state index >= 15 is 0 Å². The molecule has 0 radical (unpaired) electrons. The largest absolute Gasteiger partial charge is 0.417 e. The Morgan fingerprint density at radius 2 is 1.35 bits per heavy atom. The summed E-state index contributed by atoms with van der Waals surface area (Å²) in [5.41, 5.74) is 9.89. The van der Waals surface area contributed by atoms with Crippen LogP contribution in [0.3, 0.4) is 0 Å². The molecule has 104 valence electrons. The van der Waals surface area contributed by atoms with E-state index in [-0.39, 0.29) is 9.81 Å². The lowest BCUT2D eigenvalue weighted by molar-refractivity contribution is 0.119. The molecule has 1 heterocycles. The summed E-state index contributed by atoms with van der Waals surface area (Å²) in [7, 11) is 0. The average Bonchev–Trinajstić information content (AvgIpc) is 2.43. The van der Waals surface area contributed by atoms with Crippen molar-refractivity contribution >= 4 is 23.8 Å². The smallest absolute Gasteiger partial charge is 0.336 e. The summed E-state index contributed by atoms with van der Waals surface area (Å²) >= 11 is 0.592. The molecular weight excluding hydrogens is 288 g/mol. The molecule has 0 saturated carbocycles. The Kier molecular flexibility index (Phi) is 4.39. The molecule has 12 heteroatoms. The molecule has 0 bridgehead atoms. The van der Waals surface area contributed by atoms with Crippen molar-refractivity contribution in [3.63, 3.8) is 0 Å². The summed E-state index contributed by atoms with van der Waals surface area (Å²) in [6, 6.07) is 1.08. The van der Waals surface area contributed by atoms with Gasteiger partial charge in [0.25, 0.3) is 0 Å². The van der Waals surface area contributed by atoms with Gasteiger partial charge in [-0.05, 0) is 0 Å². The number of primary amides is 2. The van der Waals surface area contributed by atoms with Gasteiger partial charge >= 0.3 is 12.1 Å². The predicted octanol–water partition coefficient (Wildman–Crippen LogP) is -1.36. The lowest BCUT2D eigenvalue weighted by atomic mass is 10.5. The molecule has 0 aromatic carbocycles. The van der Waals surface area contributed by atoms with Gasteiger partial charge in [0.2, 0.25) is 11.8 Å². The van der Waals surface area contributed by atoms with E-state index in [1.54, 1.807) is 12.1 Å². The molecule has 4 amide bonds. The Bertz CT molecular complexity index is 560. The van der Waals surface area contributed by atoms with Gasteiger partial charge in [-0.15, -0.1) is 0 Å². The first-order valence-electron chi connectivity index (χ1n) is 4.66. The van der Waals surface area contributed by atoms with Crippen molar-refractivity contribution in [1.29, 1.82) is 10.5 Å². The number of ether oxygens (including phenoxy) is 1. The van der Waals surface area contributed by atoms with Crippen LogP contribution in [0, 0.1) is 22.7 Å². The van der Waals surface area contributed by atoms with Gasteiger partial charge in [-0.3, -0.25) is 0 Å². The number of nitrogens with two attached hydrogens (primary N) is 4. The van der Waals surface area contributed by atoms with Gasteiger partial charge in [-0.1, -0.05) is 11.8 Å². The first-order chi connectivity index (χ1) is 9.33. The molecule has 0 atom stereocenters. The predicted molar refractivity (Wildman–Crippen MR) is 65.2 cm³/mol. The van der Waals surface area contributed by atoms with Gasteiger partial charge in [-0.2, -0.15) is 20.5 Å². The number of urea groups is 2. The summed E-state index contributed by atoms with van der Waals surface area (Å²) in [4.78, 5) is 21.6. The van der Waals surface area contributed by atoms with Crippen molar-refractivity contribution in [1.82, 2.24) is 10.0 Å². The number of hydrogen-bond donors (Lipinski definition) is 4. The van der Waals surface area contributed by atoms with Crippen molar-refractivity contribution in [2.45, 2.75) is 0 Å². The van der Waals surface area contributed by atoms with Gasteiger partial charge in [0, 0.05) is 0 Å². The second-order valence-electron chi connectivity index (χ2n) is 3.11. The maximum Gasteiger partial charge on any atom is 0.336 e. The van der Waals surface area contributed by atoms with E-state index in [0.717, 1.165) is 0 Å². The second-order valence-corrected chi connectivity index (χ2v) is 4.13. The molecule has 0 saturated heterocycles. The number of hydrazine groups is 2. The van der Waals surface area contributed by atoms with Crippen LogP contribution in [-0.2, 0) is 4.74 Å². The number of thioether (sulfide) groups is 1. The maximum absolute atomic E-state index is 11.0. The van der Waals surface area contributed by atoms with E-state index in [0.29, 0.717) is 21.8 Å². The fourth-order valence-corrected chi connectivity index (χ4v) is 1.78. The molecule has 8 N–H and O–H groups in total. The van der Waals surface area contributed by atoms with Crippen molar-refractivity contribution in [3.05, 3.63) is 21.6 Å². The van der Waals surface area contributed by atoms with E-state index in [1.165, 1.54) is 0 Å². The van der Waals surface area contributed by atoms with Crippen molar-refractivity contribution in [3.8, 4) is 12.1 Å². The van der Waals surface area contributed by atoms with Gasteiger partial charge < -0.3 is 16.2 Å². The highest BCUT2D eigenvalue weighted by atomic mass is 32.2. The highest BCUT2D eigenvalue weighted by Crippen LogP contribution is 2.37. The number of hydrogen-bond acceptors (Lipinski definition) is 8. The Morgan fingerprint density at radius 3 is 1.60 bits per heavy atom. The summed E-state index contributed by atoms with van der Waals surface area (Å²) in [6.45, 7) is 0. The topological polar surface area (TPSA) is 202 Å². The number of nitrogens with zero attached hydrogens (tertiary/aromatic N) is 4. The quantitative estimate of drug-likeness (QED) is 0.271. The van der Waals surface area contributed by atoms with E-state index in [9.17, 15) is 9.59 Å². The van der Waals surface area contributed by atoms with Crippen LogP contribution in [0.15, 0.2) is 21.6 Å². The Balaban J connectivity index is 3.28. The van der Waals surface area contributed by atoms with E-state index in [2.05, 4.69) is 0 Å². The normalized spacial score (nSPS) is 14.0. The number of nitriles is 2. The van der Waals surface area contributed by atoms with Crippen LogP contribution in [0.25, 0.3) is 0 Å². The van der Waals surface area contributed by atoms with Crippen molar-refractivity contribution in [2.24, 2.45) is 23.2 Å². The highest BCUT2D eigenvalue weighted by molar-refractivity contribution is 8.07. The SMILES string of the molecule is N#CC1=C(N(N)C(N)=O)OC(N(N)C(N)=O)=C(C#N)S1. The van der Waals surface area contributed by atoms with Crippen LogP contribution in [-0.4, -0.2) is 22.1 Å². The summed E-state index contributed by atoms with van der Waals surface area (Å²) in [6.07, 6.45) is 0. The molecule has 20 heavy (non-hydrogen) atoms. The Morgan fingerprint density at radius 1 is 1.00 bits per heavy atom. The molecule has 1 aliphatic heterocycles. The third kappa shape index (κ3) is 2.73. The van der Waals surface area contributed by atoms with Crippen LogP contribution in [0.2, 0.25) is 0 Å². The monoisotopic (exact) mass is 296 g/mol. The second kappa shape index (κ2) is 5.81. The highest BCUT2D eigenvalue weighted by Gasteiger charge is 2.32. The van der Waals surface area contributed by atoms with Crippen LogP contribution >= 0.6 is 11.8 Å². The van der Waals surface area contributed by atoms with Crippen molar-refractivity contribution < 1.29 is 14.3 Å². The maximum atomic E-state index is 11.0. The zero-order valence-electron chi connectivity index (χ0n) is 9.73. The number of rotatable bonds is 2. The standard InChI is InChI=1S/C8H8N8O3S/c9-1-3-5(15(13)7(11)17)19-6(4(2-10)20-3)16(14)8(12)18/h13-14H2,(H2,11,17)(H2,12,18). The van der Waals surface area contributed by atoms with Crippen molar-refractivity contribution in [2.75, 3.05) is 0 Å². The lowest BCUT2D eigenvalue weighted by Gasteiger charge is -2.27. The van der Waals surface area contributed by atoms with Crippen LogP contribution < -0.4 is 23.2 Å². The van der Waals surface area contributed by atoms with E-state index < -0.39 is 23.8 Å². The molecule has 0 fully saturated rings. The zero-order valence-corrected chi connectivity index (χ0v) is 10.5. The van der Waals surface area contributed by atoms with Gasteiger partial charge in [0.15, 0.2) is 9.81 Å². The first-order valence-corrected chi connectivity index (χ1v) is 5.48. The minimum atomic E-state index is -1.13. The Hall–Kier alpha value is -2.93. The minimum absolute atomic E-state index is 0.218. The molecule has 0 aromatic heterocycles. The van der Waals surface area contributed by atoms with Crippen LogP contribution in [0.4, 0.5) is 9.59 Å². The summed E-state index contributed by atoms with van der Waals surface area (Å²) < 4.78 is 5.03. The molecular formula is C8H8N8O3S. The number of amides is 4. The molecule has 11 nitrogen and oxygen atoms in total. The first kappa shape index (κ1) is 15.1. The average molecular weight is 296 g/mol. The molecule has 0 unspecified atom stereocenters. The van der Waals surface area contributed by atoms with Crippen LogP contribution in [0.1, 0.15) is 0 Å². The minimum Gasteiger partial charge on any atom is -0.417 e. The zero-order chi connectivity index (χ0) is 15.4. The molecule has 0 aliphatic carbocycles. The van der Waals surface area contributed by atoms with Gasteiger partial charge in [-0.25, -0.2) is 21.3 Å². The molecule has 1 aliphatic rings. The lowest BCUT2D eigenvalue weighted by Crippen LogP contribution is -2.46. The third-order valence-electron chi connectivity index (χ3n) is 1.90. The number of carbonyl (C=O) groups excluding carboxylic acids is 2. The number of carbonyl (C=O) groups is 2. The molecule has 0 spiro atoms. The molecule has 0 aromatic rings. The third-order valence-corrected chi connectivity index (χ3v) is 2.84. The summed E-state index contributed by atoms with van der Waals surface area (Å²) in [5, 5.41) is 18.5. The fraction of sp³-hybridized carbons (Fsp3) is 0. The van der Waals surface area contributed by atoms with Crippen LogP contribution in [0.5, 0.6) is 0 Å². The Labute approximate surface area is 116 Å². The van der Waals surface area contributed by atoms with Gasteiger partial charge in [0.05, 0.1) is 0 Å². The molecule has 1 rings (SSSR count).